The summed E-state index contributed by atoms with van der Waals surface area (Å²) in [6, 6.07) is 0.444. The first-order chi connectivity index (χ1) is 17.3. The van der Waals surface area contributed by atoms with Crippen molar-refractivity contribution in [1.82, 2.24) is 15.3 Å². The average Bonchev–Trinajstić information content (AvgIpc) is 2.83. The van der Waals surface area contributed by atoms with E-state index in [1.54, 1.807) is 0 Å². The molecule has 0 radical (unpaired) electrons. The van der Waals surface area contributed by atoms with Crippen LogP contribution in [0.2, 0.25) is 0 Å². The van der Waals surface area contributed by atoms with Crippen molar-refractivity contribution in [3.05, 3.63) is 42.5 Å². The third-order valence-corrected chi connectivity index (χ3v) is 5.81. The summed E-state index contributed by atoms with van der Waals surface area (Å²) in [5, 5.41) is 5.18. The first-order valence-corrected chi connectivity index (χ1v) is 11.4. The molecule has 37 heavy (non-hydrogen) atoms. The Morgan fingerprint density at radius 3 is 2.35 bits per heavy atom. The van der Waals surface area contributed by atoms with Crippen LogP contribution in [0.25, 0.3) is 0 Å². The fourth-order valence-corrected chi connectivity index (χ4v) is 4.05. The second kappa shape index (κ2) is 11.4. The van der Waals surface area contributed by atoms with Gasteiger partial charge in [-0.2, -0.15) is 0 Å². The maximum atomic E-state index is 14.2. The SMILES string of the molecule is CNc1cc(OC(F)(F)F)ccc1N(C(=O)[C@H](F)Cl)[C@H](C(=O)NC1CCC(F)(F)CC1)c1cncnc1. The van der Waals surface area contributed by atoms with Crippen LogP contribution in [0.4, 0.5) is 37.7 Å². The average molecular weight is 554 g/mol. The van der Waals surface area contributed by atoms with E-state index in [1.807, 2.05) is 0 Å². The number of rotatable bonds is 8. The zero-order valence-electron chi connectivity index (χ0n) is 19.2. The largest absolute Gasteiger partial charge is 0.573 e. The molecule has 0 unspecified atom stereocenters. The molecule has 8 nitrogen and oxygen atoms in total. The minimum absolute atomic E-state index is 0.00415. The van der Waals surface area contributed by atoms with Crippen LogP contribution in [0, 0.1) is 0 Å². The van der Waals surface area contributed by atoms with Crippen LogP contribution in [0.15, 0.2) is 36.9 Å². The van der Waals surface area contributed by atoms with Gasteiger partial charge in [0, 0.05) is 50.0 Å². The van der Waals surface area contributed by atoms with E-state index in [9.17, 15) is 35.9 Å². The van der Waals surface area contributed by atoms with Crippen molar-refractivity contribution in [3.63, 3.8) is 0 Å². The monoisotopic (exact) mass is 553 g/mol. The van der Waals surface area contributed by atoms with Crippen LogP contribution >= 0.6 is 11.6 Å². The Hall–Kier alpha value is -3.29. The van der Waals surface area contributed by atoms with Gasteiger partial charge in [0.25, 0.3) is 11.5 Å². The van der Waals surface area contributed by atoms with Crippen molar-refractivity contribution in [1.29, 1.82) is 0 Å². The molecule has 0 spiro atoms. The lowest BCUT2D eigenvalue weighted by molar-refractivity contribution is -0.274. The maximum absolute atomic E-state index is 14.2. The number of anilines is 2. The fraction of sp³-hybridized carbons (Fsp3) is 0.455. The van der Waals surface area contributed by atoms with Crippen LogP contribution < -0.4 is 20.3 Å². The van der Waals surface area contributed by atoms with Crippen LogP contribution in [-0.2, 0) is 9.59 Å². The summed E-state index contributed by atoms with van der Waals surface area (Å²) in [5.41, 5.74) is -3.00. The summed E-state index contributed by atoms with van der Waals surface area (Å²) in [5.74, 6) is -5.81. The number of hydrogen-bond donors (Lipinski definition) is 2. The number of carbonyl (C=O) groups is 2. The quantitative estimate of drug-likeness (QED) is 0.363. The minimum Gasteiger partial charge on any atom is -0.406 e. The van der Waals surface area contributed by atoms with Crippen molar-refractivity contribution in [2.24, 2.45) is 0 Å². The molecule has 1 aliphatic carbocycles. The predicted molar refractivity (Wildman–Crippen MR) is 121 cm³/mol. The van der Waals surface area contributed by atoms with Gasteiger partial charge in [-0.3, -0.25) is 14.5 Å². The lowest BCUT2D eigenvalue weighted by atomic mass is 9.92. The van der Waals surface area contributed by atoms with E-state index in [2.05, 4.69) is 25.3 Å². The molecule has 1 fully saturated rings. The van der Waals surface area contributed by atoms with Crippen LogP contribution in [-0.4, -0.2) is 52.8 Å². The molecule has 2 atom stereocenters. The zero-order chi connectivity index (χ0) is 27.4. The number of aromatic nitrogens is 2. The van der Waals surface area contributed by atoms with E-state index >= 15 is 0 Å². The summed E-state index contributed by atoms with van der Waals surface area (Å²) < 4.78 is 83.4. The van der Waals surface area contributed by atoms with Gasteiger partial charge in [-0.1, -0.05) is 11.6 Å². The molecule has 0 aliphatic heterocycles. The van der Waals surface area contributed by atoms with E-state index in [0.717, 1.165) is 24.5 Å². The Bertz CT molecular complexity index is 1100. The number of ether oxygens (including phenoxy) is 1. The summed E-state index contributed by atoms with van der Waals surface area (Å²) in [4.78, 5) is 34.7. The molecule has 15 heteroatoms. The molecule has 2 amide bonds. The van der Waals surface area contributed by atoms with E-state index in [1.165, 1.54) is 19.4 Å². The zero-order valence-corrected chi connectivity index (χ0v) is 20.0. The van der Waals surface area contributed by atoms with Gasteiger partial charge in [0.1, 0.15) is 18.1 Å². The molecule has 1 aliphatic rings. The summed E-state index contributed by atoms with van der Waals surface area (Å²) in [6.45, 7) is 0. The molecular formula is C22H22ClF6N5O3. The van der Waals surface area contributed by atoms with Crippen molar-refractivity contribution in [2.45, 2.75) is 55.7 Å². The number of halogens is 7. The van der Waals surface area contributed by atoms with Crippen molar-refractivity contribution < 1.29 is 40.7 Å². The molecule has 3 rings (SSSR count). The van der Waals surface area contributed by atoms with Crippen molar-refractivity contribution in [2.75, 3.05) is 17.3 Å². The molecular weight excluding hydrogens is 532 g/mol. The lowest BCUT2D eigenvalue weighted by Gasteiger charge is -2.35. The molecule has 0 saturated heterocycles. The van der Waals surface area contributed by atoms with Gasteiger partial charge in [0.15, 0.2) is 0 Å². The van der Waals surface area contributed by atoms with Gasteiger partial charge < -0.3 is 15.4 Å². The number of nitrogens with one attached hydrogen (secondary N) is 2. The molecule has 1 heterocycles. The van der Waals surface area contributed by atoms with Gasteiger partial charge in [0.2, 0.25) is 11.8 Å². The Morgan fingerprint density at radius 2 is 1.81 bits per heavy atom. The minimum atomic E-state index is -5.01. The second-order valence-corrected chi connectivity index (χ2v) is 8.58. The molecule has 0 bridgehead atoms. The molecule has 202 valence electrons. The topological polar surface area (TPSA) is 96.5 Å². The normalized spacial score (nSPS) is 17.4. The number of amides is 2. The van der Waals surface area contributed by atoms with Gasteiger partial charge in [-0.05, 0) is 25.0 Å². The summed E-state index contributed by atoms with van der Waals surface area (Å²) in [7, 11) is 1.31. The number of hydrogen-bond acceptors (Lipinski definition) is 6. The van der Waals surface area contributed by atoms with Crippen LogP contribution in [0.1, 0.15) is 37.3 Å². The molecule has 2 N–H and O–H groups in total. The Balaban J connectivity index is 2.06. The van der Waals surface area contributed by atoms with Gasteiger partial charge in [0.05, 0.1) is 11.4 Å². The summed E-state index contributed by atoms with van der Waals surface area (Å²) in [6.07, 6.45) is -2.54. The first kappa shape index (κ1) is 28.3. The van der Waals surface area contributed by atoms with Gasteiger partial charge in [-0.15, -0.1) is 13.2 Å². The molecule has 1 aromatic heterocycles. The Kier molecular flexibility index (Phi) is 8.72. The molecule has 1 saturated carbocycles. The number of alkyl halides is 7. The van der Waals surface area contributed by atoms with E-state index < -0.39 is 60.4 Å². The highest BCUT2D eigenvalue weighted by Gasteiger charge is 2.40. The number of nitrogens with zero attached hydrogens (tertiary/aromatic N) is 3. The second-order valence-electron chi connectivity index (χ2n) is 8.20. The fourth-order valence-electron chi connectivity index (χ4n) is 3.95. The highest BCUT2D eigenvalue weighted by atomic mass is 35.5. The molecule has 1 aromatic carbocycles. The maximum Gasteiger partial charge on any atom is 0.573 e. The smallest absolute Gasteiger partial charge is 0.406 e. The summed E-state index contributed by atoms with van der Waals surface area (Å²) >= 11 is 5.45. The molecule has 2 aromatic rings. The van der Waals surface area contributed by atoms with E-state index in [-0.39, 0.29) is 29.8 Å². The van der Waals surface area contributed by atoms with Gasteiger partial charge >= 0.3 is 6.36 Å². The van der Waals surface area contributed by atoms with Crippen molar-refractivity contribution in [3.8, 4) is 5.75 Å². The van der Waals surface area contributed by atoms with E-state index in [0.29, 0.717) is 4.90 Å². The highest BCUT2D eigenvalue weighted by Crippen LogP contribution is 2.38. The first-order valence-electron chi connectivity index (χ1n) is 10.9. The Labute approximate surface area is 212 Å². The third-order valence-electron chi connectivity index (χ3n) is 5.62. The Morgan fingerprint density at radius 1 is 1.19 bits per heavy atom. The standard InChI is InChI=1S/C22H22ClF6N5O3/c1-30-15-8-14(37-22(27,28)29)2-3-16(15)34(20(36)18(23)24)17(12-9-31-11-32-10-12)19(35)33-13-4-6-21(25,26)7-5-13/h2-3,8-11,13,17-18,30H,4-7H2,1H3,(H,33,35)/t17-,18-/m0/s1. The van der Waals surface area contributed by atoms with Crippen LogP contribution in [0.5, 0.6) is 5.75 Å². The number of benzene rings is 1. The van der Waals surface area contributed by atoms with Gasteiger partial charge in [-0.25, -0.2) is 23.1 Å². The highest BCUT2D eigenvalue weighted by molar-refractivity contribution is 6.32. The van der Waals surface area contributed by atoms with Crippen LogP contribution in [0.3, 0.4) is 0 Å². The third kappa shape index (κ3) is 7.37. The number of carbonyl (C=O) groups excluding carboxylic acids is 2. The lowest BCUT2D eigenvalue weighted by Crippen LogP contribution is -2.49. The predicted octanol–water partition coefficient (Wildman–Crippen LogP) is 4.72. The van der Waals surface area contributed by atoms with E-state index in [4.69, 9.17) is 11.6 Å². The van der Waals surface area contributed by atoms with Crippen molar-refractivity contribution >= 4 is 34.8 Å².